The lowest BCUT2D eigenvalue weighted by molar-refractivity contribution is 0.340. The van der Waals surface area contributed by atoms with Gasteiger partial charge in [0.05, 0.1) is 0 Å². The Morgan fingerprint density at radius 3 is 2.23 bits per heavy atom. The predicted octanol–water partition coefficient (Wildman–Crippen LogP) is 2.11. The zero-order chi connectivity index (χ0) is 10.1. The van der Waals surface area contributed by atoms with Gasteiger partial charge in [-0.05, 0) is 36.4 Å². The van der Waals surface area contributed by atoms with Gasteiger partial charge in [0.15, 0.2) is 0 Å². The van der Waals surface area contributed by atoms with Crippen molar-refractivity contribution in [1.29, 1.82) is 0 Å². The van der Waals surface area contributed by atoms with Crippen LogP contribution >= 0.6 is 0 Å². The molecular weight excluding hydrogens is 174 g/mol. The van der Waals surface area contributed by atoms with Gasteiger partial charge in [-0.3, -0.25) is 0 Å². The van der Waals surface area contributed by atoms with Gasteiger partial charge in [0.2, 0.25) is 0 Å². The van der Waals surface area contributed by atoms with Crippen LogP contribution in [-0.2, 0) is 0 Å². The predicted molar refractivity (Wildman–Crippen MR) is 65.6 cm³/mol. The fourth-order valence-corrected chi connectivity index (χ4v) is 1.79. The standard InChI is InChI=1S/C10H21N.CH6Si/c1-3-9(2)11-10-7-5-4-6-8-10;1-2/h9-11H,3-8H2,1-2H3;1-2H3. The summed E-state index contributed by atoms with van der Waals surface area (Å²) < 4.78 is 0. The lowest BCUT2D eigenvalue weighted by atomic mass is 9.95. The Morgan fingerprint density at radius 1 is 1.23 bits per heavy atom. The molecule has 0 aromatic rings. The quantitative estimate of drug-likeness (QED) is 0.690. The van der Waals surface area contributed by atoms with Gasteiger partial charge in [-0.25, -0.2) is 0 Å². The third-order valence-corrected chi connectivity index (χ3v) is 2.74. The van der Waals surface area contributed by atoms with Gasteiger partial charge in [-0.15, -0.1) is 0 Å². The van der Waals surface area contributed by atoms with E-state index in [2.05, 4.69) is 25.7 Å². The summed E-state index contributed by atoms with van der Waals surface area (Å²) in [5.41, 5.74) is 0. The van der Waals surface area contributed by atoms with Crippen molar-refractivity contribution in [3.63, 3.8) is 0 Å². The second-order valence-corrected chi connectivity index (χ2v) is 3.81. The van der Waals surface area contributed by atoms with Gasteiger partial charge < -0.3 is 5.32 Å². The molecule has 1 atom stereocenters. The first-order chi connectivity index (χ1) is 6.33. The summed E-state index contributed by atoms with van der Waals surface area (Å²) >= 11 is 0. The second-order valence-electron chi connectivity index (χ2n) is 3.81. The maximum Gasteiger partial charge on any atom is 0.00695 e. The fourth-order valence-electron chi connectivity index (χ4n) is 1.79. The monoisotopic (exact) mass is 201 g/mol. The molecule has 0 saturated heterocycles. The first kappa shape index (κ1) is 13.2. The molecule has 1 saturated carbocycles. The van der Waals surface area contributed by atoms with E-state index in [-0.39, 0.29) is 0 Å². The van der Waals surface area contributed by atoms with E-state index in [0.29, 0.717) is 0 Å². The van der Waals surface area contributed by atoms with Gasteiger partial charge in [-0.1, -0.05) is 32.7 Å². The van der Waals surface area contributed by atoms with E-state index in [0.717, 1.165) is 12.1 Å². The Morgan fingerprint density at radius 2 is 1.77 bits per heavy atom. The molecule has 0 amide bonds. The van der Waals surface area contributed by atoms with Gasteiger partial charge in [-0.2, -0.15) is 0 Å². The Balaban J connectivity index is 0.000000671. The topological polar surface area (TPSA) is 12.0 Å². The number of hydrogen-bond donors (Lipinski definition) is 1. The molecule has 1 aliphatic carbocycles. The minimum Gasteiger partial charge on any atom is -0.312 e. The van der Waals surface area contributed by atoms with Crippen molar-refractivity contribution in [2.24, 2.45) is 0 Å². The summed E-state index contributed by atoms with van der Waals surface area (Å²) in [5, 5.41) is 3.67. The lowest BCUT2D eigenvalue weighted by Crippen LogP contribution is -2.37. The van der Waals surface area contributed by atoms with Crippen LogP contribution in [0.5, 0.6) is 0 Å². The number of hydrogen-bond acceptors (Lipinski definition) is 1. The molecule has 1 aliphatic rings. The molecule has 0 spiro atoms. The van der Waals surface area contributed by atoms with E-state index in [1.165, 1.54) is 48.8 Å². The summed E-state index contributed by atoms with van der Waals surface area (Å²) in [7, 11) is 1.31. The van der Waals surface area contributed by atoms with Gasteiger partial charge in [0, 0.05) is 12.1 Å². The third kappa shape index (κ3) is 6.27. The maximum atomic E-state index is 3.67. The van der Waals surface area contributed by atoms with Gasteiger partial charge in [0.25, 0.3) is 0 Å². The molecule has 80 valence electrons. The molecule has 1 unspecified atom stereocenters. The van der Waals surface area contributed by atoms with Crippen LogP contribution in [0.1, 0.15) is 52.4 Å². The fraction of sp³-hybridized carbons (Fsp3) is 1.00. The Labute approximate surface area is 87.1 Å². The highest BCUT2D eigenvalue weighted by Gasteiger charge is 2.13. The van der Waals surface area contributed by atoms with E-state index in [1.807, 2.05) is 0 Å². The summed E-state index contributed by atoms with van der Waals surface area (Å²) in [6.45, 7) is 6.68. The van der Waals surface area contributed by atoms with E-state index in [4.69, 9.17) is 0 Å². The normalized spacial score (nSPS) is 20.5. The number of nitrogens with one attached hydrogen (secondary N) is 1. The molecule has 0 aromatic heterocycles. The highest BCUT2D eigenvalue weighted by molar-refractivity contribution is 6.05. The zero-order valence-corrected chi connectivity index (χ0v) is 11.9. The Bertz CT molecular complexity index is 100. The average Bonchev–Trinajstić information content (AvgIpc) is 2.22. The molecule has 0 aliphatic heterocycles. The minimum atomic E-state index is 0.720. The van der Waals surface area contributed by atoms with Crippen molar-refractivity contribution in [3.05, 3.63) is 0 Å². The average molecular weight is 201 g/mol. The highest BCUT2D eigenvalue weighted by atomic mass is 28.1. The van der Waals surface area contributed by atoms with Crippen LogP contribution in [0, 0.1) is 0 Å². The smallest absolute Gasteiger partial charge is 0.00695 e. The van der Waals surface area contributed by atoms with Gasteiger partial charge >= 0.3 is 0 Å². The second kappa shape index (κ2) is 8.76. The molecule has 0 aromatic carbocycles. The molecule has 0 heterocycles. The summed E-state index contributed by atoms with van der Waals surface area (Å²) in [4.78, 5) is 0. The van der Waals surface area contributed by atoms with E-state index in [1.54, 1.807) is 0 Å². The Hall–Kier alpha value is 0.177. The van der Waals surface area contributed by atoms with Crippen molar-refractivity contribution >= 4 is 10.2 Å². The zero-order valence-electron chi connectivity index (χ0n) is 9.90. The summed E-state index contributed by atoms with van der Waals surface area (Å²) in [6, 6.07) is 1.55. The van der Waals surface area contributed by atoms with Gasteiger partial charge in [0.1, 0.15) is 0 Å². The van der Waals surface area contributed by atoms with Crippen molar-refractivity contribution in [3.8, 4) is 0 Å². The third-order valence-electron chi connectivity index (χ3n) is 2.74. The first-order valence-corrected chi connectivity index (χ1v) is 8.09. The van der Waals surface area contributed by atoms with E-state index in [9.17, 15) is 0 Å². The number of rotatable bonds is 3. The SMILES string of the molecule is CCC(C)NC1CCCCC1.C[SiH3]. The highest BCUT2D eigenvalue weighted by Crippen LogP contribution is 2.17. The van der Waals surface area contributed by atoms with Crippen LogP contribution in [0.3, 0.4) is 0 Å². The molecule has 1 N–H and O–H groups in total. The maximum absolute atomic E-state index is 3.67. The Kier molecular flexibility index (Phi) is 8.88. The molecule has 0 radical (unpaired) electrons. The molecule has 2 heteroatoms. The van der Waals surface area contributed by atoms with Crippen molar-refractivity contribution in [2.75, 3.05) is 0 Å². The summed E-state index contributed by atoms with van der Waals surface area (Å²) in [5.74, 6) is 0. The van der Waals surface area contributed by atoms with Crippen LogP contribution in [0.2, 0.25) is 6.55 Å². The van der Waals surface area contributed by atoms with Crippen molar-refractivity contribution < 1.29 is 0 Å². The van der Waals surface area contributed by atoms with E-state index >= 15 is 0 Å². The molecular formula is C11H27NSi. The van der Waals surface area contributed by atoms with Crippen LogP contribution in [0.15, 0.2) is 0 Å². The minimum absolute atomic E-state index is 0.720. The lowest BCUT2D eigenvalue weighted by Gasteiger charge is -2.25. The molecule has 1 nitrogen and oxygen atoms in total. The van der Waals surface area contributed by atoms with E-state index < -0.39 is 0 Å². The van der Waals surface area contributed by atoms with Crippen molar-refractivity contribution in [2.45, 2.75) is 71.0 Å². The van der Waals surface area contributed by atoms with Crippen LogP contribution < -0.4 is 5.32 Å². The molecule has 13 heavy (non-hydrogen) atoms. The molecule has 1 rings (SSSR count). The van der Waals surface area contributed by atoms with Crippen LogP contribution in [0.4, 0.5) is 0 Å². The summed E-state index contributed by atoms with van der Waals surface area (Å²) in [6.07, 6.45) is 8.41. The van der Waals surface area contributed by atoms with Crippen LogP contribution in [-0.4, -0.2) is 22.3 Å². The van der Waals surface area contributed by atoms with Crippen molar-refractivity contribution in [1.82, 2.24) is 5.32 Å². The molecule has 0 bridgehead atoms. The van der Waals surface area contributed by atoms with Crippen LogP contribution in [0.25, 0.3) is 0 Å². The molecule has 1 fully saturated rings. The first-order valence-electron chi connectivity index (χ1n) is 6.09. The largest absolute Gasteiger partial charge is 0.312 e.